The number of rotatable bonds is 13. The first-order valence-electron chi connectivity index (χ1n) is 15.1. The second kappa shape index (κ2) is 16.0. The van der Waals surface area contributed by atoms with Gasteiger partial charge < -0.3 is 19.7 Å². The Labute approximate surface area is 278 Å². The van der Waals surface area contributed by atoms with Crippen molar-refractivity contribution in [3.05, 3.63) is 131 Å². The van der Waals surface area contributed by atoms with E-state index in [1.807, 2.05) is 42.5 Å². The van der Waals surface area contributed by atoms with Gasteiger partial charge in [-0.05, 0) is 65.2 Å². The molecular weight excluding hydrogens is 645 g/mol. The molecule has 1 fully saturated rings. The summed E-state index contributed by atoms with van der Waals surface area (Å²) in [5, 5.41) is 3.52. The molecule has 1 N–H and O–H groups in total. The second-order valence-corrected chi connectivity index (χ2v) is 13.3. The third-order valence-corrected chi connectivity index (χ3v) is 9.88. The van der Waals surface area contributed by atoms with Crippen molar-refractivity contribution in [2.24, 2.45) is 0 Å². The van der Waals surface area contributed by atoms with Crippen molar-refractivity contribution < 1.29 is 31.9 Å². The highest BCUT2D eigenvalue weighted by Crippen LogP contribution is 2.22. The van der Waals surface area contributed by atoms with Crippen molar-refractivity contribution in [2.45, 2.75) is 30.4 Å². The number of carbonyl (C=O) groups is 2. The molecule has 1 atom stereocenters. The standard InChI is InChI=1S/C35H35ClFN3O6S/c36-29-10-6-27(7-11-29)23-38-35(42)33(22-26-4-2-1-3-5-26)40(24-28-8-12-30(37)13-9-28)34(41)25-46-31-14-16-32(17-15-31)47(43,44)39-18-20-45-21-19-39/h1-17,33H,18-25H2,(H,38,42)/t33-/m0/s1. The van der Waals surface area contributed by atoms with Crippen LogP contribution in [0.3, 0.4) is 0 Å². The fourth-order valence-electron chi connectivity index (χ4n) is 5.12. The molecule has 4 aromatic rings. The van der Waals surface area contributed by atoms with Crippen molar-refractivity contribution in [1.29, 1.82) is 0 Å². The quantitative estimate of drug-likeness (QED) is 0.217. The molecule has 2 amide bonds. The molecule has 0 radical (unpaired) electrons. The number of sulfonamides is 1. The molecular formula is C35H35ClFN3O6S. The monoisotopic (exact) mass is 679 g/mol. The van der Waals surface area contributed by atoms with Crippen LogP contribution in [0.15, 0.2) is 108 Å². The summed E-state index contributed by atoms with van der Waals surface area (Å²) in [4.78, 5) is 29.2. The van der Waals surface area contributed by atoms with Gasteiger partial charge in [-0.2, -0.15) is 4.31 Å². The molecule has 0 bridgehead atoms. The molecule has 0 spiro atoms. The number of amides is 2. The van der Waals surface area contributed by atoms with Gasteiger partial charge in [0.25, 0.3) is 5.91 Å². The van der Waals surface area contributed by atoms with E-state index in [0.717, 1.165) is 11.1 Å². The molecule has 1 saturated heterocycles. The lowest BCUT2D eigenvalue weighted by atomic mass is 10.0. The van der Waals surface area contributed by atoms with Gasteiger partial charge in [0.15, 0.2) is 6.61 Å². The van der Waals surface area contributed by atoms with E-state index in [4.69, 9.17) is 21.1 Å². The third kappa shape index (κ3) is 9.39. The summed E-state index contributed by atoms with van der Waals surface area (Å²) >= 11 is 6.01. The van der Waals surface area contributed by atoms with Crippen LogP contribution < -0.4 is 10.1 Å². The average molecular weight is 680 g/mol. The minimum absolute atomic E-state index is 0.0189. The Hall–Kier alpha value is -4.29. The van der Waals surface area contributed by atoms with Gasteiger partial charge in [-0.15, -0.1) is 0 Å². The number of morpholine rings is 1. The Morgan fingerprint density at radius 2 is 1.51 bits per heavy atom. The van der Waals surface area contributed by atoms with Crippen LogP contribution in [0.25, 0.3) is 0 Å². The van der Waals surface area contributed by atoms with Gasteiger partial charge in [0.2, 0.25) is 15.9 Å². The first-order valence-corrected chi connectivity index (χ1v) is 16.9. The molecule has 1 aliphatic rings. The predicted molar refractivity (Wildman–Crippen MR) is 176 cm³/mol. The second-order valence-electron chi connectivity index (χ2n) is 11.0. The van der Waals surface area contributed by atoms with E-state index in [9.17, 15) is 22.4 Å². The molecule has 0 saturated carbocycles. The highest BCUT2D eigenvalue weighted by molar-refractivity contribution is 7.89. The zero-order chi connectivity index (χ0) is 33.2. The van der Waals surface area contributed by atoms with Crippen LogP contribution in [0.1, 0.15) is 16.7 Å². The van der Waals surface area contributed by atoms with E-state index < -0.39 is 34.4 Å². The highest BCUT2D eigenvalue weighted by atomic mass is 35.5. The van der Waals surface area contributed by atoms with Crippen LogP contribution in [0.2, 0.25) is 5.02 Å². The molecule has 1 heterocycles. The van der Waals surface area contributed by atoms with Crippen molar-refractivity contribution in [3.8, 4) is 5.75 Å². The van der Waals surface area contributed by atoms with Crippen molar-refractivity contribution in [3.63, 3.8) is 0 Å². The summed E-state index contributed by atoms with van der Waals surface area (Å²) < 4.78 is 52.2. The summed E-state index contributed by atoms with van der Waals surface area (Å²) in [6, 6.07) is 27.1. The molecule has 0 aromatic heterocycles. The van der Waals surface area contributed by atoms with Gasteiger partial charge in [-0.3, -0.25) is 9.59 Å². The maximum Gasteiger partial charge on any atom is 0.261 e. The Kier molecular flexibility index (Phi) is 11.6. The van der Waals surface area contributed by atoms with E-state index in [-0.39, 0.29) is 49.2 Å². The van der Waals surface area contributed by atoms with Crippen LogP contribution in [0, 0.1) is 5.82 Å². The fraction of sp³-hybridized carbons (Fsp3) is 0.257. The van der Waals surface area contributed by atoms with E-state index in [2.05, 4.69) is 5.32 Å². The Bertz CT molecular complexity index is 1740. The average Bonchev–Trinajstić information content (AvgIpc) is 3.10. The van der Waals surface area contributed by atoms with Crippen molar-refractivity contribution in [1.82, 2.24) is 14.5 Å². The molecule has 246 valence electrons. The normalized spacial score (nSPS) is 14.3. The summed E-state index contributed by atoms with van der Waals surface area (Å²) in [6.07, 6.45) is 0.217. The maximum atomic E-state index is 13.9. The van der Waals surface area contributed by atoms with Gasteiger partial charge in [-0.1, -0.05) is 66.2 Å². The molecule has 9 nitrogen and oxygen atoms in total. The molecule has 47 heavy (non-hydrogen) atoms. The van der Waals surface area contributed by atoms with Gasteiger partial charge in [0.05, 0.1) is 18.1 Å². The first kappa shape index (κ1) is 34.1. The van der Waals surface area contributed by atoms with Gasteiger partial charge in [0, 0.05) is 37.6 Å². The van der Waals surface area contributed by atoms with Crippen LogP contribution in [-0.2, 0) is 43.9 Å². The summed E-state index contributed by atoms with van der Waals surface area (Å²) in [7, 11) is -3.69. The van der Waals surface area contributed by atoms with Crippen LogP contribution >= 0.6 is 11.6 Å². The van der Waals surface area contributed by atoms with E-state index in [0.29, 0.717) is 23.8 Å². The lowest BCUT2D eigenvalue weighted by Gasteiger charge is -2.31. The first-order chi connectivity index (χ1) is 22.7. The largest absolute Gasteiger partial charge is 0.484 e. The number of carbonyl (C=O) groups excluding carboxylic acids is 2. The van der Waals surface area contributed by atoms with Crippen LogP contribution in [-0.4, -0.2) is 68.4 Å². The van der Waals surface area contributed by atoms with E-state index >= 15 is 0 Å². The molecule has 12 heteroatoms. The topological polar surface area (TPSA) is 105 Å². The maximum absolute atomic E-state index is 13.9. The molecule has 0 unspecified atom stereocenters. The number of halogens is 2. The number of nitrogens with zero attached hydrogens (tertiary/aromatic N) is 2. The zero-order valence-electron chi connectivity index (χ0n) is 25.6. The van der Waals surface area contributed by atoms with E-state index in [1.165, 1.54) is 45.6 Å². The smallest absolute Gasteiger partial charge is 0.261 e. The number of benzene rings is 4. The number of nitrogens with one attached hydrogen (secondary N) is 1. The minimum Gasteiger partial charge on any atom is -0.484 e. The lowest BCUT2D eigenvalue weighted by molar-refractivity contribution is -0.142. The van der Waals surface area contributed by atoms with E-state index in [1.54, 1.807) is 24.3 Å². The number of ether oxygens (including phenoxy) is 2. The highest BCUT2D eigenvalue weighted by Gasteiger charge is 2.31. The predicted octanol–water partition coefficient (Wildman–Crippen LogP) is 4.84. The number of hydrogen-bond donors (Lipinski definition) is 1. The third-order valence-electron chi connectivity index (χ3n) is 7.71. The fourth-order valence-corrected chi connectivity index (χ4v) is 6.66. The SMILES string of the molecule is O=C(NCc1ccc(Cl)cc1)[C@H](Cc1ccccc1)N(Cc1ccc(F)cc1)C(=O)COc1ccc(S(=O)(=O)N2CCOCC2)cc1. The van der Waals surface area contributed by atoms with Gasteiger partial charge in [0.1, 0.15) is 17.6 Å². The Morgan fingerprint density at radius 1 is 0.872 bits per heavy atom. The van der Waals surface area contributed by atoms with Crippen LogP contribution in [0.4, 0.5) is 4.39 Å². The minimum atomic E-state index is -3.69. The molecule has 1 aliphatic heterocycles. The Morgan fingerprint density at radius 3 is 2.17 bits per heavy atom. The summed E-state index contributed by atoms with van der Waals surface area (Å²) in [5.74, 6) is -0.998. The molecule has 5 rings (SSSR count). The molecule has 0 aliphatic carbocycles. The van der Waals surface area contributed by atoms with Gasteiger partial charge in [-0.25, -0.2) is 12.8 Å². The van der Waals surface area contributed by atoms with Gasteiger partial charge >= 0.3 is 0 Å². The van der Waals surface area contributed by atoms with Crippen molar-refractivity contribution in [2.75, 3.05) is 32.9 Å². The Balaban J connectivity index is 1.35. The summed E-state index contributed by atoms with van der Waals surface area (Å²) in [5.41, 5.74) is 2.30. The lowest BCUT2D eigenvalue weighted by Crippen LogP contribution is -2.51. The number of hydrogen-bond acceptors (Lipinski definition) is 6. The van der Waals surface area contributed by atoms with Crippen molar-refractivity contribution >= 4 is 33.4 Å². The molecule has 4 aromatic carbocycles. The summed E-state index contributed by atoms with van der Waals surface area (Å²) in [6.45, 7) is 1.03. The van der Waals surface area contributed by atoms with Crippen LogP contribution in [0.5, 0.6) is 5.75 Å². The zero-order valence-corrected chi connectivity index (χ0v) is 27.1.